The van der Waals surface area contributed by atoms with E-state index in [1.165, 1.54) is 0 Å². The molecule has 1 aliphatic rings. The van der Waals surface area contributed by atoms with Crippen LogP contribution in [0.25, 0.3) is 0 Å². The second kappa shape index (κ2) is 7.20. The van der Waals surface area contributed by atoms with Crippen LogP contribution in [0.4, 0.5) is 4.79 Å². The highest BCUT2D eigenvalue weighted by molar-refractivity contribution is 7.99. The summed E-state index contributed by atoms with van der Waals surface area (Å²) in [4.78, 5) is 24.7. The van der Waals surface area contributed by atoms with E-state index >= 15 is 0 Å². The molecule has 1 rings (SSSR count). The lowest BCUT2D eigenvalue weighted by atomic mass is 10.1. The van der Waals surface area contributed by atoms with Crippen molar-refractivity contribution in [2.45, 2.75) is 63.3 Å². The van der Waals surface area contributed by atoms with Crippen LogP contribution in [0.1, 0.15) is 46.5 Å². The third kappa shape index (κ3) is 5.23. The molecule has 2 N–H and O–H groups in total. The maximum atomic E-state index is 12.4. The van der Waals surface area contributed by atoms with Crippen LogP contribution in [0.3, 0.4) is 0 Å². The zero-order valence-corrected chi connectivity index (χ0v) is 13.6. The zero-order chi connectivity index (χ0) is 15.3. The molecule has 0 radical (unpaired) electrons. The molecule has 0 aliphatic heterocycles. The van der Waals surface area contributed by atoms with Crippen LogP contribution < -0.4 is 5.32 Å². The van der Waals surface area contributed by atoms with E-state index in [2.05, 4.69) is 11.6 Å². The summed E-state index contributed by atoms with van der Waals surface area (Å²) < 4.78 is 0. The molecule has 0 aromatic rings. The fraction of sp³-hybridized carbons (Fsp3) is 0.857. The summed E-state index contributed by atoms with van der Waals surface area (Å²) in [6, 6.07) is 0.0696. The number of rotatable bonds is 5. The van der Waals surface area contributed by atoms with Gasteiger partial charge in [-0.15, -0.1) is 0 Å². The lowest BCUT2D eigenvalue weighted by molar-refractivity contribution is -0.137. The van der Waals surface area contributed by atoms with E-state index in [0.717, 1.165) is 19.3 Å². The van der Waals surface area contributed by atoms with Gasteiger partial charge in [0.05, 0.1) is 6.42 Å². The van der Waals surface area contributed by atoms with E-state index < -0.39 is 5.97 Å². The Bertz CT molecular complexity index is 355. The van der Waals surface area contributed by atoms with Crippen LogP contribution in [0.15, 0.2) is 0 Å². The summed E-state index contributed by atoms with van der Waals surface area (Å²) in [5, 5.41) is 12.5. The van der Waals surface area contributed by atoms with Gasteiger partial charge < -0.3 is 15.3 Å². The smallest absolute Gasteiger partial charge is 0.318 e. The fourth-order valence-electron chi connectivity index (χ4n) is 2.49. The predicted molar refractivity (Wildman–Crippen MR) is 82.2 cm³/mol. The highest BCUT2D eigenvalue weighted by Gasteiger charge is 2.31. The summed E-state index contributed by atoms with van der Waals surface area (Å²) >= 11 is 1.85. The molecule has 1 saturated carbocycles. The number of urea groups is 1. The Morgan fingerprint density at radius 2 is 2.00 bits per heavy atom. The molecule has 2 unspecified atom stereocenters. The van der Waals surface area contributed by atoms with Crippen molar-refractivity contribution in [1.82, 2.24) is 10.2 Å². The van der Waals surface area contributed by atoms with E-state index in [1.807, 2.05) is 32.5 Å². The maximum absolute atomic E-state index is 12.4. The number of carboxylic acid groups (broad SMARTS) is 1. The second-order valence-corrected chi connectivity index (χ2v) is 7.42. The normalized spacial score (nSPS) is 22.6. The van der Waals surface area contributed by atoms with Crippen molar-refractivity contribution < 1.29 is 14.7 Å². The number of nitrogens with zero attached hydrogens (tertiary/aromatic N) is 1. The molecule has 0 aromatic heterocycles. The summed E-state index contributed by atoms with van der Waals surface area (Å²) in [7, 11) is 0. The van der Waals surface area contributed by atoms with Crippen molar-refractivity contribution in [1.29, 1.82) is 0 Å². The van der Waals surface area contributed by atoms with Gasteiger partial charge in [-0.3, -0.25) is 4.79 Å². The number of carboxylic acids is 1. The Balaban J connectivity index is 2.57. The van der Waals surface area contributed by atoms with Crippen molar-refractivity contribution in [2.75, 3.05) is 12.8 Å². The largest absolute Gasteiger partial charge is 0.481 e. The van der Waals surface area contributed by atoms with Crippen molar-refractivity contribution in [2.24, 2.45) is 0 Å². The molecule has 6 heteroatoms. The molecule has 0 aromatic carbocycles. The number of aliphatic carboxylic acids is 1. The minimum absolute atomic E-state index is 0.0250. The first-order chi connectivity index (χ1) is 9.24. The van der Waals surface area contributed by atoms with Gasteiger partial charge in [-0.05, 0) is 46.3 Å². The number of hydrogen-bond donors (Lipinski definition) is 2. The molecular weight excluding hydrogens is 276 g/mol. The first-order valence-electron chi connectivity index (χ1n) is 7.06. The average molecular weight is 302 g/mol. The van der Waals surface area contributed by atoms with Gasteiger partial charge in [0.1, 0.15) is 0 Å². The molecule has 0 saturated heterocycles. The SMILES string of the molecule is CSC1CCC(NC(=O)N(CCC(=O)O)C(C)(C)C)C1. The highest BCUT2D eigenvalue weighted by Crippen LogP contribution is 2.28. The minimum atomic E-state index is -0.879. The van der Waals surface area contributed by atoms with Crippen LogP contribution >= 0.6 is 11.8 Å². The summed E-state index contributed by atoms with van der Waals surface area (Å²) in [6.45, 7) is 6.01. The lowest BCUT2D eigenvalue weighted by Crippen LogP contribution is -2.53. The zero-order valence-electron chi connectivity index (χ0n) is 12.8. The summed E-state index contributed by atoms with van der Waals surface area (Å²) in [5.41, 5.74) is -0.378. The minimum Gasteiger partial charge on any atom is -0.481 e. The van der Waals surface area contributed by atoms with Crippen LogP contribution in [0.2, 0.25) is 0 Å². The third-order valence-corrected chi connectivity index (χ3v) is 4.74. The van der Waals surface area contributed by atoms with E-state index in [4.69, 9.17) is 5.11 Å². The first-order valence-corrected chi connectivity index (χ1v) is 8.35. The molecule has 0 bridgehead atoms. The second-order valence-electron chi connectivity index (χ2n) is 6.28. The summed E-state index contributed by atoms with van der Waals surface area (Å²) in [6.07, 6.45) is 5.22. The number of carbonyl (C=O) groups is 2. The molecule has 20 heavy (non-hydrogen) atoms. The fourth-order valence-corrected chi connectivity index (χ4v) is 3.28. The number of carbonyl (C=O) groups excluding carboxylic acids is 1. The molecule has 2 amide bonds. The Kier molecular flexibility index (Phi) is 6.17. The standard InChI is InChI=1S/C14H26N2O3S/c1-14(2,3)16(8-7-12(17)18)13(19)15-10-5-6-11(9-10)20-4/h10-11H,5-9H2,1-4H3,(H,15,19)(H,17,18). The Labute approximate surface area is 125 Å². The lowest BCUT2D eigenvalue weighted by Gasteiger charge is -2.36. The topological polar surface area (TPSA) is 69.6 Å². The molecule has 0 heterocycles. The van der Waals surface area contributed by atoms with E-state index in [0.29, 0.717) is 5.25 Å². The Hall–Kier alpha value is -0.910. The molecular formula is C14H26N2O3S. The first kappa shape index (κ1) is 17.1. The van der Waals surface area contributed by atoms with Crippen molar-refractivity contribution in [3.05, 3.63) is 0 Å². The summed E-state index contributed by atoms with van der Waals surface area (Å²) in [5.74, 6) is -0.879. The Morgan fingerprint density at radius 3 is 2.45 bits per heavy atom. The van der Waals surface area contributed by atoms with Crippen LogP contribution in [-0.2, 0) is 4.79 Å². The Morgan fingerprint density at radius 1 is 1.35 bits per heavy atom. The van der Waals surface area contributed by atoms with E-state index in [-0.39, 0.29) is 30.6 Å². The molecule has 0 spiro atoms. The molecule has 1 fully saturated rings. The van der Waals surface area contributed by atoms with Gasteiger partial charge in [0.2, 0.25) is 0 Å². The van der Waals surface area contributed by atoms with Crippen LogP contribution in [-0.4, -0.2) is 51.6 Å². The molecule has 1 aliphatic carbocycles. The van der Waals surface area contributed by atoms with Gasteiger partial charge >= 0.3 is 12.0 Å². The van der Waals surface area contributed by atoms with Crippen LogP contribution in [0, 0.1) is 0 Å². The predicted octanol–water partition coefficient (Wildman–Crippen LogP) is 2.56. The third-order valence-electron chi connectivity index (χ3n) is 3.65. The number of thioether (sulfide) groups is 1. The van der Waals surface area contributed by atoms with E-state index in [9.17, 15) is 9.59 Å². The van der Waals surface area contributed by atoms with Gasteiger partial charge in [-0.2, -0.15) is 11.8 Å². The average Bonchev–Trinajstić information content (AvgIpc) is 2.74. The number of nitrogens with one attached hydrogen (secondary N) is 1. The molecule has 2 atom stereocenters. The van der Waals surface area contributed by atoms with E-state index in [1.54, 1.807) is 4.90 Å². The van der Waals surface area contributed by atoms with Crippen molar-refractivity contribution >= 4 is 23.8 Å². The van der Waals surface area contributed by atoms with Gasteiger partial charge in [0, 0.05) is 23.4 Å². The number of hydrogen-bond acceptors (Lipinski definition) is 3. The van der Waals surface area contributed by atoms with Crippen molar-refractivity contribution in [3.63, 3.8) is 0 Å². The van der Waals surface area contributed by atoms with Crippen LogP contribution in [0.5, 0.6) is 0 Å². The van der Waals surface area contributed by atoms with Gasteiger partial charge in [-0.1, -0.05) is 0 Å². The molecule has 116 valence electrons. The van der Waals surface area contributed by atoms with Gasteiger partial charge in [0.25, 0.3) is 0 Å². The van der Waals surface area contributed by atoms with Gasteiger partial charge in [0.15, 0.2) is 0 Å². The number of amides is 2. The van der Waals surface area contributed by atoms with Gasteiger partial charge in [-0.25, -0.2) is 4.79 Å². The maximum Gasteiger partial charge on any atom is 0.318 e. The van der Waals surface area contributed by atoms with Crippen molar-refractivity contribution in [3.8, 4) is 0 Å². The molecule has 5 nitrogen and oxygen atoms in total. The highest BCUT2D eigenvalue weighted by atomic mass is 32.2. The monoisotopic (exact) mass is 302 g/mol. The quantitative estimate of drug-likeness (QED) is 0.819.